The van der Waals surface area contributed by atoms with Crippen LogP contribution in [0.3, 0.4) is 0 Å². The van der Waals surface area contributed by atoms with Gasteiger partial charge in [-0.1, -0.05) is 0 Å². The van der Waals surface area contributed by atoms with Crippen molar-refractivity contribution in [3.05, 3.63) is 23.8 Å². The van der Waals surface area contributed by atoms with E-state index in [2.05, 4.69) is 5.32 Å². The zero-order chi connectivity index (χ0) is 9.84. The fourth-order valence-electron chi connectivity index (χ4n) is 1.10. The van der Waals surface area contributed by atoms with Gasteiger partial charge in [-0.3, -0.25) is 4.79 Å². The molecule has 0 aliphatic rings. The first-order chi connectivity index (χ1) is 6.13. The standard InChI is InChI=1S/C10H14N2O/c1-7(2)12-10-4-3-8(6-13)5-9(10)11/h3-7,12H,11H2,1-2H3. The average Bonchev–Trinajstić information content (AvgIpc) is 2.08. The van der Waals surface area contributed by atoms with Crippen molar-refractivity contribution >= 4 is 17.7 Å². The number of benzene rings is 1. The molecule has 70 valence electrons. The lowest BCUT2D eigenvalue weighted by molar-refractivity contribution is 0.112. The summed E-state index contributed by atoms with van der Waals surface area (Å²) in [6.45, 7) is 4.07. The van der Waals surface area contributed by atoms with Crippen LogP contribution in [0.5, 0.6) is 0 Å². The molecule has 1 rings (SSSR count). The van der Waals surface area contributed by atoms with Gasteiger partial charge in [-0.05, 0) is 32.0 Å². The first kappa shape index (κ1) is 9.58. The van der Waals surface area contributed by atoms with E-state index in [0.717, 1.165) is 12.0 Å². The lowest BCUT2D eigenvalue weighted by atomic mass is 10.2. The van der Waals surface area contributed by atoms with Crippen molar-refractivity contribution in [3.8, 4) is 0 Å². The zero-order valence-electron chi connectivity index (χ0n) is 7.87. The molecule has 0 saturated heterocycles. The molecule has 0 aliphatic carbocycles. The molecule has 0 fully saturated rings. The first-order valence-electron chi connectivity index (χ1n) is 4.24. The number of carbonyl (C=O) groups is 1. The van der Waals surface area contributed by atoms with Crippen LogP contribution in [-0.2, 0) is 0 Å². The van der Waals surface area contributed by atoms with Crippen molar-refractivity contribution in [2.24, 2.45) is 0 Å². The van der Waals surface area contributed by atoms with Crippen LogP contribution in [0.25, 0.3) is 0 Å². The zero-order valence-corrected chi connectivity index (χ0v) is 7.87. The van der Waals surface area contributed by atoms with E-state index in [0.29, 0.717) is 17.3 Å². The van der Waals surface area contributed by atoms with Crippen molar-refractivity contribution < 1.29 is 4.79 Å². The van der Waals surface area contributed by atoms with E-state index in [4.69, 9.17) is 5.73 Å². The van der Waals surface area contributed by atoms with Crippen LogP contribution in [0.1, 0.15) is 24.2 Å². The second-order valence-corrected chi connectivity index (χ2v) is 3.26. The Morgan fingerprint density at radius 2 is 2.15 bits per heavy atom. The van der Waals surface area contributed by atoms with Crippen molar-refractivity contribution in [1.82, 2.24) is 0 Å². The number of hydrogen-bond donors (Lipinski definition) is 2. The van der Waals surface area contributed by atoms with E-state index in [1.165, 1.54) is 0 Å². The lowest BCUT2D eigenvalue weighted by Crippen LogP contribution is -2.11. The highest BCUT2D eigenvalue weighted by Gasteiger charge is 2.00. The number of nitrogen functional groups attached to an aromatic ring is 1. The predicted octanol–water partition coefficient (Wildman–Crippen LogP) is 1.90. The van der Waals surface area contributed by atoms with Crippen molar-refractivity contribution in [1.29, 1.82) is 0 Å². The Morgan fingerprint density at radius 3 is 2.62 bits per heavy atom. The van der Waals surface area contributed by atoms with Crippen molar-refractivity contribution in [2.75, 3.05) is 11.1 Å². The molecule has 0 radical (unpaired) electrons. The van der Waals surface area contributed by atoms with Crippen LogP contribution in [0, 0.1) is 0 Å². The summed E-state index contributed by atoms with van der Waals surface area (Å²) in [6, 6.07) is 5.56. The Labute approximate surface area is 77.9 Å². The van der Waals surface area contributed by atoms with Gasteiger partial charge in [-0.2, -0.15) is 0 Å². The number of hydrogen-bond acceptors (Lipinski definition) is 3. The summed E-state index contributed by atoms with van der Waals surface area (Å²) in [4.78, 5) is 10.4. The van der Waals surface area contributed by atoms with Crippen LogP contribution in [0.2, 0.25) is 0 Å². The summed E-state index contributed by atoms with van der Waals surface area (Å²) < 4.78 is 0. The summed E-state index contributed by atoms with van der Waals surface area (Å²) in [7, 11) is 0. The predicted molar refractivity (Wildman–Crippen MR) is 55.0 cm³/mol. The molecular formula is C10H14N2O. The smallest absolute Gasteiger partial charge is 0.150 e. The number of carbonyl (C=O) groups excluding carboxylic acids is 1. The highest BCUT2D eigenvalue weighted by atomic mass is 16.1. The molecule has 0 aromatic heterocycles. The summed E-state index contributed by atoms with van der Waals surface area (Å²) >= 11 is 0. The van der Waals surface area contributed by atoms with Crippen molar-refractivity contribution in [2.45, 2.75) is 19.9 Å². The molecule has 0 atom stereocenters. The molecule has 0 bridgehead atoms. The van der Waals surface area contributed by atoms with Gasteiger partial charge in [-0.15, -0.1) is 0 Å². The Hall–Kier alpha value is -1.51. The SMILES string of the molecule is CC(C)Nc1ccc(C=O)cc1N. The Morgan fingerprint density at radius 1 is 1.46 bits per heavy atom. The summed E-state index contributed by atoms with van der Waals surface area (Å²) in [5.41, 5.74) is 7.81. The average molecular weight is 178 g/mol. The van der Waals surface area contributed by atoms with Crippen LogP contribution >= 0.6 is 0 Å². The number of nitrogens with two attached hydrogens (primary N) is 1. The molecule has 0 amide bonds. The van der Waals surface area contributed by atoms with Crippen LogP contribution in [0.4, 0.5) is 11.4 Å². The highest BCUT2D eigenvalue weighted by Crippen LogP contribution is 2.19. The van der Waals surface area contributed by atoms with E-state index in [1.54, 1.807) is 12.1 Å². The molecule has 3 heteroatoms. The van der Waals surface area contributed by atoms with Crippen LogP contribution in [-0.4, -0.2) is 12.3 Å². The number of anilines is 2. The summed E-state index contributed by atoms with van der Waals surface area (Å²) in [5.74, 6) is 0. The van der Waals surface area contributed by atoms with E-state index in [1.807, 2.05) is 19.9 Å². The van der Waals surface area contributed by atoms with E-state index < -0.39 is 0 Å². The fraction of sp³-hybridized carbons (Fsp3) is 0.300. The topological polar surface area (TPSA) is 55.1 Å². The number of nitrogens with one attached hydrogen (secondary N) is 1. The van der Waals surface area contributed by atoms with E-state index in [9.17, 15) is 4.79 Å². The maximum Gasteiger partial charge on any atom is 0.150 e. The first-order valence-corrected chi connectivity index (χ1v) is 4.24. The minimum atomic E-state index is 0.337. The molecule has 1 aromatic carbocycles. The molecule has 0 saturated carbocycles. The second-order valence-electron chi connectivity index (χ2n) is 3.26. The third-order valence-corrected chi connectivity index (χ3v) is 1.66. The normalized spacial score (nSPS) is 10.1. The molecule has 0 unspecified atom stereocenters. The Bertz CT molecular complexity index is 308. The van der Waals surface area contributed by atoms with Crippen LogP contribution < -0.4 is 11.1 Å². The molecule has 0 heterocycles. The Balaban J connectivity index is 2.91. The largest absolute Gasteiger partial charge is 0.397 e. The van der Waals surface area contributed by atoms with E-state index in [-0.39, 0.29) is 0 Å². The molecular weight excluding hydrogens is 164 g/mol. The van der Waals surface area contributed by atoms with Gasteiger partial charge in [0.2, 0.25) is 0 Å². The molecule has 13 heavy (non-hydrogen) atoms. The highest BCUT2D eigenvalue weighted by molar-refractivity contribution is 5.80. The van der Waals surface area contributed by atoms with Gasteiger partial charge in [0, 0.05) is 11.6 Å². The van der Waals surface area contributed by atoms with Gasteiger partial charge >= 0.3 is 0 Å². The van der Waals surface area contributed by atoms with Crippen molar-refractivity contribution in [3.63, 3.8) is 0 Å². The van der Waals surface area contributed by atoms with Gasteiger partial charge in [0.25, 0.3) is 0 Å². The summed E-state index contributed by atoms with van der Waals surface area (Å²) in [6.07, 6.45) is 0.787. The molecule has 3 nitrogen and oxygen atoms in total. The number of rotatable bonds is 3. The summed E-state index contributed by atoms with van der Waals surface area (Å²) in [5, 5.41) is 3.18. The fourth-order valence-corrected chi connectivity index (χ4v) is 1.10. The van der Waals surface area contributed by atoms with Crippen LogP contribution in [0.15, 0.2) is 18.2 Å². The van der Waals surface area contributed by atoms with Gasteiger partial charge in [0.15, 0.2) is 0 Å². The third-order valence-electron chi connectivity index (χ3n) is 1.66. The quantitative estimate of drug-likeness (QED) is 0.549. The number of aldehydes is 1. The van der Waals surface area contributed by atoms with Gasteiger partial charge in [0.05, 0.1) is 11.4 Å². The maximum atomic E-state index is 10.4. The second kappa shape index (κ2) is 3.94. The van der Waals surface area contributed by atoms with Gasteiger partial charge < -0.3 is 11.1 Å². The minimum absolute atomic E-state index is 0.337. The van der Waals surface area contributed by atoms with Gasteiger partial charge in [-0.25, -0.2) is 0 Å². The molecule has 0 aliphatic heterocycles. The van der Waals surface area contributed by atoms with E-state index >= 15 is 0 Å². The molecule has 1 aromatic rings. The maximum absolute atomic E-state index is 10.4. The van der Waals surface area contributed by atoms with Gasteiger partial charge in [0.1, 0.15) is 6.29 Å². The third kappa shape index (κ3) is 2.47. The molecule has 3 N–H and O–H groups in total. The Kier molecular flexibility index (Phi) is 2.90. The lowest BCUT2D eigenvalue weighted by Gasteiger charge is -2.12. The minimum Gasteiger partial charge on any atom is -0.397 e. The monoisotopic (exact) mass is 178 g/mol. The molecule has 0 spiro atoms.